The van der Waals surface area contributed by atoms with Crippen molar-refractivity contribution in [2.24, 2.45) is 0 Å². The van der Waals surface area contributed by atoms with Gasteiger partial charge < -0.3 is 15.2 Å². The third-order valence-electron chi connectivity index (χ3n) is 1.76. The Morgan fingerprint density at radius 2 is 1.94 bits per heavy atom. The number of amides is 1. The van der Waals surface area contributed by atoms with Gasteiger partial charge in [0.2, 0.25) is 5.91 Å². The lowest BCUT2D eigenvalue weighted by Crippen LogP contribution is -2.24. The van der Waals surface area contributed by atoms with E-state index in [4.69, 9.17) is 23.2 Å². The van der Waals surface area contributed by atoms with Crippen LogP contribution in [-0.2, 0) is 9.59 Å². The highest BCUT2D eigenvalue weighted by Crippen LogP contribution is 2.25. The Morgan fingerprint density at radius 1 is 1.25 bits per heavy atom. The molecule has 0 fully saturated rings. The molecule has 0 spiro atoms. The topological polar surface area (TPSA) is 69.2 Å². The third kappa shape index (κ3) is 4.08. The molecule has 0 atom stereocenters. The zero-order valence-corrected chi connectivity index (χ0v) is 9.64. The highest BCUT2D eigenvalue weighted by molar-refractivity contribution is 6.36. The van der Waals surface area contributed by atoms with Crippen molar-refractivity contribution in [3.8, 4) is 0 Å². The van der Waals surface area contributed by atoms with Crippen LogP contribution in [0.1, 0.15) is 12.8 Å². The molecule has 0 saturated heterocycles. The molecule has 0 radical (unpaired) electrons. The summed E-state index contributed by atoms with van der Waals surface area (Å²) in [5.41, 5.74) is 0.398. The molecule has 0 aromatic heterocycles. The van der Waals surface area contributed by atoms with Crippen LogP contribution in [0.4, 0.5) is 5.69 Å². The number of benzene rings is 1. The number of carboxylic acids is 1. The maximum absolute atomic E-state index is 11.3. The molecule has 86 valence electrons. The van der Waals surface area contributed by atoms with Gasteiger partial charge in [0.1, 0.15) is 0 Å². The summed E-state index contributed by atoms with van der Waals surface area (Å²) in [6.45, 7) is 0. The standard InChI is InChI=1S/C10H9Cl2NO3/c11-6-1-2-8(7(12)5-6)13-9(14)3-4-10(15)16/h1-2,5H,3-4H2,(H,13,14)(H,15,16)/p-1. The molecule has 4 nitrogen and oxygen atoms in total. The lowest BCUT2D eigenvalue weighted by atomic mass is 10.2. The van der Waals surface area contributed by atoms with Gasteiger partial charge in [0.05, 0.1) is 10.7 Å². The van der Waals surface area contributed by atoms with Gasteiger partial charge in [-0.3, -0.25) is 4.79 Å². The third-order valence-corrected chi connectivity index (χ3v) is 2.31. The Labute approximate surface area is 102 Å². The van der Waals surface area contributed by atoms with Crippen LogP contribution >= 0.6 is 23.2 Å². The van der Waals surface area contributed by atoms with Crippen molar-refractivity contribution < 1.29 is 14.7 Å². The van der Waals surface area contributed by atoms with Crippen LogP contribution in [0.2, 0.25) is 10.0 Å². The number of rotatable bonds is 4. The van der Waals surface area contributed by atoms with E-state index in [9.17, 15) is 14.7 Å². The van der Waals surface area contributed by atoms with Crippen LogP contribution in [0.5, 0.6) is 0 Å². The Morgan fingerprint density at radius 3 is 2.50 bits per heavy atom. The molecule has 0 aliphatic carbocycles. The molecule has 0 heterocycles. The first-order valence-electron chi connectivity index (χ1n) is 4.44. The molecule has 1 rings (SSSR count). The van der Waals surface area contributed by atoms with E-state index in [-0.39, 0.29) is 12.8 Å². The number of carbonyl (C=O) groups excluding carboxylic acids is 2. The van der Waals surface area contributed by atoms with Crippen molar-refractivity contribution in [1.29, 1.82) is 0 Å². The van der Waals surface area contributed by atoms with Crippen LogP contribution in [0.25, 0.3) is 0 Å². The first kappa shape index (κ1) is 12.8. The van der Waals surface area contributed by atoms with E-state index in [0.29, 0.717) is 15.7 Å². The van der Waals surface area contributed by atoms with Crippen LogP contribution in [0.3, 0.4) is 0 Å². The van der Waals surface area contributed by atoms with Gasteiger partial charge >= 0.3 is 0 Å². The van der Waals surface area contributed by atoms with E-state index in [2.05, 4.69) is 5.32 Å². The molecule has 6 heteroatoms. The maximum Gasteiger partial charge on any atom is 0.224 e. The fraction of sp³-hybridized carbons (Fsp3) is 0.200. The van der Waals surface area contributed by atoms with Gasteiger partial charge in [-0.2, -0.15) is 0 Å². The monoisotopic (exact) mass is 260 g/mol. The second-order valence-corrected chi connectivity index (χ2v) is 3.89. The summed E-state index contributed by atoms with van der Waals surface area (Å²) in [5.74, 6) is -1.70. The van der Waals surface area contributed by atoms with Crippen LogP contribution in [0.15, 0.2) is 18.2 Å². The minimum Gasteiger partial charge on any atom is -0.550 e. The summed E-state index contributed by atoms with van der Waals surface area (Å²) in [4.78, 5) is 21.4. The Bertz CT molecular complexity index is 421. The predicted octanol–water partition coefficient (Wildman–Crippen LogP) is 1.46. The lowest BCUT2D eigenvalue weighted by molar-refractivity contribution is -0.305. The first-order valence-corrected chi connectivity index (χ1v) is 5.19. The largest absolute Gasteiger partial charge is 0.550 e. The quantitative estimate of drug-likeness (QED) is 0.892. The van der Waals surface area contributed by atoms with Crippen molar-refractivity contribution in [2.75, 3.05) is 5.32 Å². The molecule has 1 aromatic carbocycles. The van der Waals surface area contributed by atoms with Crippen molar-refractivity contribution in [3.05, 3.63) is 28.2 Å². The molecule has 0 bridgehead atoms. The minimum absolute atomic E-state index is 0.151. The lowest BCUT2D eigenvalue weighted by Gasteiger charge is -2.07. The highest BCUT2D eigenvalue weighted by Gasteiger charge is 2.06. The summed E-state index contributed by atoms with van der Waals surface area (Å²) in [6, 6.07) is 4.60. The summed E-state index contributed by atoms with van der Waals surface area (Å²) >= 11 is 11.5. The average molecular weight is 261 g/mol. The smallest absolute Gasteiger partial charge is 0.224 e. The number of halogens is 2. The number of aliphatic carboxylic acids is 1. The summed E-state index contributed by atoms with van der Waals surface area (Å²) < 4.78 is 0. The number of hydrogen-bond donors (Lipinski definition) is 1. The molecule has 16 heavy (non-hydrogen) atoms. The van der Waals surface area contributed by atoms with Gasteiger partial charge in [-0.05, 0) is 24.6 Å². The van der Waals surface area contributed by atoms with Crippen LogP contribution < -0.4 is 10.4 Å². The summed E-state index contributed by atoms with van der Waals surface area (Å²) in [7, 11) is 0. The fourth-order valence-electron chi connectivity index (χ4n) is 1.02. The first-order chi connectivity index (χ1) is 7.49. The molecule has 1 N–H and O–H groups in total. The number of nitrogens with one attached hydrogen (secondary N) is 1. The Kier molecular flexibility index (Phi) is 4.58. The van der Waals surface area contributed by atoms with E-state index in [1.807, 2.05) is 0 Å². The number of hydrogen-bond acceptors (Lipinski definition) is 3. The number of carboxylic acid groups (broad SMARTS) is 1. The predicted molar refractivity (Wildman–Crippen MR) is 59.3 cm³/mol. The number of carbonyl (C=O) groups is 2. The SMILES string of the molecule is O=C([O-])CCC(=O)Nc1ccc(Cl)cc1Cl. The van der Waals surface area contributed by atoms with Crippen molar-refractivity contribution in [3.63, 3.8) is 0 Å². The van der Waals surface area contributed by atoms with Gasteiger partial charge in [-0.1, -0.05) is 23.2 Å². The van der Waals surface area contributed by atoms with E-state index in [0.717, 1.165) is 0 Å². The van der Waals surface area contributed by atoms with Crippen LogP contribution in [0, 0.1) is 0 Å². The second kappa shape index (κ2) is 5.72. The molecule has 0 saturated carbocycles. The summed E-state index contributed by atoms with van der Waals surface area (Å²) in [5, 5.41) is 13.4. The molecule has 1 amide bonds. The van der Waals surface area contributed by atoms with E-state index in [1.54, 1.807) is 12.1 Å². The van der Waals surface area contributed by atoms with Crippen LogP contribution in [-0.4, -0.2) is 11.9 Å². The van der Waals surface area contributed by atoms with E-state index < -0.39 is 11.9 Å². The summed E-state index contributed by atoms with van der Waals surface area (Å²) in [6.07, 6.45) is -0.474. The van der Waals surface area contributed by atoms with Crippen molar-refractivity contribution in [1.82, 2.24) is 0 Å². The fourth-order valence-corrected chi connectivity index (χ4v) is 1.47. The van der Waals surface area contributed by atoms with Gasteiger partial charge in [0.25, 0.3) is 0 Å². The van der Waals surface area contributed by atoms with E-state index >= 15 is 0 Å². The molecular formula is C10H8Cl2NO3-. The van der Waals surface area contributed by atoms with Crippen molar-refractivity contribution in [2.45, 2.75) is 12.8 Å². The zero-order chi connectivity index (χ0) is 12.1. The second-order valence-electron chi connectivity index (χ2n) is 3.04. The van der Waals surface area contributed by atoms with E-state index in [1.165, 1.54) is 6.07 Å². The van der Waals surface area contributed by atoms with Gasteiger partial charge in [-0.25, -0.2) is 0 Å². The Hall–Kier alpha value is -1.26. The van der Waals surface area contributed by atoms with Crippen molar-refractivity contribution >= 4 is 40.8 Å². The average Bonchev–Trinajstić information content (AvgIpc) is 2.19. The molecule has 1 aromatic rings. The number of anilines is 1. The molecule has 0 aliphatic heterocycles. The van der Waals surface area contributed by atoms with Gasteiger partial charge in [0, 0.05) is 17.4 Å². The zero-order valence-electron chi connectivity index (χ0n) is 8.13. The minimum atomic E-state index is -1.27. The highest BCUT2D eigenvalue weighted by atomic mass is 35.5. The van der Waals surface area contributed by atoms with Gasteiger partial charge in [0.15, 0.2) is 0 Å². The Balaban J connectivity index is 2.59. The molecule has 0 unspecified atom stereocenters. The van der Waals surface area contributed by atoms with Gasteiger partial charge in [-0.15, -0.1) is 0 Å². The normalized spacial score (nSPS) is 9.88. The maximum atomic E-state index is 11.3. The molecule has 0 aliphatic rings. The molecular weight excluding hydrogens is 253 g/mol.